The summed E-state index contributed by atoms with van der Waals surface area (Å²) in [7, 11) is 1.62. The van der Waals surface area contributed by atoms with Crippen LogP contribution in [0.25, 0.3) is 0 Å². The third-order valence-corrected chi connectivity index (χ3v) is 3.18. The molecule has 0 saturated heterocycles. The molecule has 0 aromatic heterocycles. The molecule has 1 aromatic carbocycles. The Morgan fingerprint density at radius 1 is 1.33 bits per heavy atom. The zero-order chi connectivity index (χ0) is 13.3. The Morgan fingerprint density at radius 3 is 2.67 bits per heavy atom. The number of methoxy groups -OCH3 is 1. The van der Waals surface area contributed by atoms with E-state index in [1.165, 1.54) is 6.92 Å². The average Bonchev–Trinajstić information content (AvgIpc) is 2.33. The zero-order valence-corrected chi connectivity index (χ0v) is 11.1. The van der Waals surface area contributed by atoms with Crippen LogP contribution in [-0.4, -0.2) is 19.2 Å². The summed E-state index contributed by atoms with van der Waals surface area (Å²) >= 11 is 0. The first-order chi connectivity index (χ1) is 8.54. The quantitative estimate of drug-likeness (QED) is 0.757. The fraction of sp³-hybridized carbons (Fsp3) is 0.500. The van der Waals surface area contributed by atoms with Gasteiger partial charge < -0.3 is 14.2 Å². The lowest BCUT2D eigenvalue weighted by Gasteiger charge is -2.35. The smallest absolute Gasteiger partial charge is 0.303 e. The summed E-state index contributed by atoms with van der Waals surface area (Å²) in [6.45, 7) is 5.29. The van der Waals surface area contributed by atoms with Crippen molar-refractivity contribution in [3.05, 3.63) is 29.3 Å². The minimum Gasteiger partial charge on any atom is -0.496 e. The van der Waals surface area contributed by atoms with Crippen LogP contribution in [-0.2, 0) is 14.3 Å². The van der Waals surface area contributed by atoms with E-state index in [1.54, 1.807) is 7.11 Å². The summed E-state index contributed by atoms with van der Waals surface area (Å²) in [6.07, 6.45) is -0.630. The summed E-state index contributed by atoms with van der Waals surface area (Å²) in [4.78, 5) is 11.2. The molecular weight excluding hydrogens is 232 g/mol. The number of carbonyl (C=O) groups excluding carboxylic acids is 1. The van der Waals surface area contributed by atoms with Crippen molar-refractivity contribution in [1.29, 1.82) is 0 Å². The predicted molar refractivity (Wildman–Crippen MR) is 66.5 cm³/mol. The fourth-order valence-corrected chi connectivity index (χ4v) is 2.43. The molecule has 4 heteroatoms. The highest BCUT2D eigenvalue weighted by atomic mass is 16.6. The van der Waals surface area contributed by atoms with Gasteiger partial charge in [0.1, 0.15) is 5.75 Å². The number of hydrogen-bond acceptors (Lipinski definition) is 4. The highest BCUT2D eigenvalue weighted by molar-refractivity contribution is 5.66. The molecule has 0 amide bonds. The Bertz CT molecular complexity index is 455. The van der Waals surface area contributed by atoms with Crippen molar-refractivity contribution in [2.75, 3.05) is 7.11 Å². The first-order valence-corrected chi connectivity index (χ1v) is 6.04. The van der Waals surface area contributed by atoms with E-state index in [1.807, 2.05) is 32.0 Å². The summed E-state index contributed by atoms with van der Waals surface area (Å²) in [5, 5.41) is 0. The van der Waals surface area contributed by atoms with Gasteiger partial charge in [-0.2, -0.15) is 0 Å². The van der Waals surface area contributed by atoms with Crippen LogP contribution >= 0.6 is 0 Å². The van der Waals surface area contributed by atoms with Crippen LogP contribution in [0.1, 0.15) is 44.1 Å². The summed E-state index contributed by atoms with van der Waals surface area (Å²) in [5.41, 5.74) is 1.93. The molecular formula is C14H18O4. The molecule has 0 spiro atoms. The highest BCUT2D eigenvalue weighted by Gasteiger charge is 2.35. The number of esters is 1. The van der Waals surface area contributed by atoms with Crippen LogP contribution in [0.3, 0.4) is 0 Å². The van der Waals surface area contributed by atoms with Crippen molar-refractivity contribution >= 4 is 5.97 Å². The number of hydrogen-bond donors (Lipinski definition) is 0. The van der Waals surface area contributed by atoms with E-state index in [9.17, 15) is 4.79 Å². The lowest BCUT2D eigenvalue weighted by molar-refractivity contribution is -0.161. The fourth-order valence-electron chi connectivity index (χ4n) is 2.43. The maximum absolute atomic E-state index is 11.2. The van der Waals surface area contributed by atoms with E-state index in [-0.39, 0.29) is 18.2 Å². The van der Waals surface area contributed by atoms with Crippen molar-refractivity contribution in [3.8, 4) is 5.75 Å². The molecule has 0 radical (unpaired) electrons. The molecule has 4 nitrogen and oxygen atoms in total. The van der Waals surface area contributed by atoms with Gasteiger partial charge in [0.25, 0.3) is 0 Å². The van der Waals surface area contributed by atoms with Gasteiger partial charge in [0.15, 0.2) is 6.10 Å². The van der Waals surface area contributed by atoms with Crippen molar-refractivity contribution < 1.29 is 19.0 Å². The Morgan fingerprint density at radius 2 is 2.06 bits per heavy atom. The Balaban J connectivity index is 2.51. The summed E-state index contributed by atoms with van der Waals surface area (Å²) < 4.78 is 16.5. The van der Waals surface area contributed by atoms with Crippen molar-refractivity contribution in [1.82, 2.24) is 0 Å². The standard InChI is InChI=1S/C14H18O4/c1-8-11-6-5-7-12(16-4)13(11)14(9(2)17-8)18-10(3)15/h5-9,14H,1-4H3/t8-,9-,14-/m0/s1. The van der Waals surface area contributed by atoms with Gasteiger partial charge in [-0.15, -0.1) is 0 Å². The third-order valence-electron chi connectivity index (χ3n) is 3.18. The van der Waals surface area contributed by atoms with E-state index >= 15 is 0 Å². The minimum atomic E-state index is -0.412. The first-order valence-electron chi connectivity index (χ1n) is 6.04. The first kappa shape index (κ1) is 12.9. The second-order valence-electron chi connectivity index (χ2n) is 4.48. The molecule has 0 unspecified atom stereocenters. The molecule has 0 bridgehead atoms. The van der Waals surface area contributed by atoms with Crippen molar-refractivity contribution in [2.45, 2.75) is 39.1 Å². The van der Waals surface area contributed by atoms with Crippen molar-refractivity contribution in [3.63, 3.8) is 0 Å². The SMILES string of the molecule is COc1cccc2c1[C@@H](OC(C)=O)[C@H](C)O[C@H]2C. The van der Waals surface area contributed by atoms with Crippen LogP contribution in [0.5, 0.6) is 5.75 Å². The van der Waals surface area contributed by atoms with E-state index in [0.717, 1.165) is 16.9 Å². The highest BCUT2D eigenvalue weighted by Crippen LogP contribution is 2.42. The average molecular weight is 250 g/mol. The maximum Gasteiger partial charge on any atom is 0.303 e. The maximum atomic E-state index is 11.2. The lowest BCUT2D eigenvalue weighted by atomic mass is 9.92. The normalized spacial score (nSPS) is 26.3. The van der Waals surface area contributed by atoms with Gasteiger partial charge in [-0.1, -0.05) is 12.1 Å². The third kappa shape index (κ3) is 2.20. The molecule has 1 aromatic rings. The summed E-state index contributed by atoms with van der Waals surface area (Å²) in [6, 6.07) is 5.77. The van der Waals surface area contributed by atoms with E-state index in [0.29, 0.717) is 0 Å². The monoisotopic (exact) mass is 250 g/mol. The van der Waals surface area contributed by atoms with E-state index < -0.39 is 6.10 Å². The number of carbonyl (C=O) groups is 1. The number of rotatable bonds is 2. The molecule has 98 valence electrons. The van der Waals surface area contributed by atoms with Crippen LogP contribution in [0.4, 0.5) is 0 Å². The molecule has 18 heavy (non-hydrogen) atoms. The zero-order valence-electron chi connectivity index (χ0n) is 11.1. The van der Waals surface area contributed by atoms with Crippen LogP contribution in [0.2, 0.25) is 0 Å². The molecule has 1 heterocycles. The Kier molecular flexibility index (Phi) is 3.57. The Hall–Kier alpha value is -1.55. The molecule has 1 aliphatic rings. The van der Waals surface area contributed by atoms with E-state index in [2.05, 4.69) is 0 Å². The summed E-state index contributed by atoms with van der Waals surface area (Å²) in [5.74, 6) is 0.419. The number of fused-ring (bicyclic) bond motifs is 1. The van der Waals surface area contributed by atoms with E-state index in [4.69, 9.17) is 14.2 Å². The van der Waals surface area contributed by atoms with Crippen LogP contribution in [0, 0.1) is 0 Å². The molecule has 0 saturated carbocycles. The molecule has 2 rings (SSSR count). The second kappa shape index (κ2) is 4.98. The number of benzene rings is 1. The van der Waals surface area contributed by atoms with Gasteiger partial charge in [0, 0.05) is 12.5 Å². The van der Waals surface area contributed by atoms with Gasteiger partial charge in [-0.3, -0.25) is 4.79 Å². The molecule has 0 aliphatic carbocycles. The lowest BCUT2D eigenvalue weighted by Crippen LogP contribution is -2.31. The number of ether oxygens (including phenoxy) is 3. The minimum absolute atomic E-state index is 0.0306. The molecule has 0 N–H and O–H groups in total. The Labute approximate surface area is 107 Å². The van der Waals surface area contributed by atoms with Gasteiger partial charge in [-0.05, 0) is 25.5 Å². The topological polar surface area (TPSA) is 44.8 Å². The largest absolute Gasteiger partial charge is 0.496 e. The van der Waals surface area contributed by atoms with Gasteiger partial charge in [0.05, 0.1) is 19.3 Å². The molecule has 1 aliphatic heterocycles. The predicted octanol–water partition coefficient (Wildman–Crippen LogP) is 2.78. The van der Waals surface area contributed by atoms with Gasteiger partial charge in [0.2, 0.25) is 0 Å². The van der Waals surface area contributed by atoms with Crippen LogP contribution < -0.4 is 4.74 Å². The van der Waals surface area contributed by atoms with Gasteiger partial charge >= 0.3 is 5.97 Å². The van der Waals surface area contributed by atoms with Gasteiger partial charge in [-0.25, -0.2) is 0 Å². The van der Waals surface area contributed by atoms with Crippen molar-refractivity contribution in [2.24, 2.45) is 0 Å². The second-order valence-corrected chi connectivity index (χ2v) is 4.48. The molecule has 3 atom stereocenters. The molecule has 0 fully saturated rings. The van der Waals surface area contributed by atoms with Crippen LogP contribution in [0.15, 0.2) is 18.2 Å².